The van der Waals surface area contributed by atoms with Crippen molar-refractivity contribution in [2.75, 3.05) is 12.8 Å². The Labute approximate surface area is 235 Å². The van der Waals surface area contributed by atoms with Gasteiger partial charge in [-0.2, -0.15) is 27.1 Å². The van der Waals surface area contributed by atoms with Gasteiger partial charge in [-0.1, -0.05) is 13.8 Å². The van der Waals surface area contributed by atoms with E-state index in [9.17, 15) is 40.3 Å². The zero-order valence-electron chi connectivity index (χ0n) is 23.5. The maximum Gasteiger partial charge on any atom is 0.394 e. The van der Waals surface area contributed by atoms with Gasteiger partial charge in [-0.25, -0.2) is 8.42 Å². The lowest BCUT2D eigenvalue weighted by molar-refractivity contribution is -0.211. The average Bonchev–Trinajstić information content (AvgIpc) is 3.17. The number of alkyl halides is 5. The molecule has 0 spiro atoms. The Morgan fingerprint density at radius 1 is 1.27 bits per heavy atom. The van der Waals surface area contributed by atoms with Crippen molar-refractivity contribution in [1.82, 2.24) is 20.1 Å². The molecule has 0 atom stereocenters. The van der Waals surface area contributed by atoms with Gasteiger partial charge in [-0.15, -0.1) is 0 Å². The van der Waals surface area contributed by atoms with Crippen LogP contribution >= 0.6 is 0 Å². The molecular weight excluding hydrogens is 575 g/mol. The van der Waals surface area contributed by atoms with Gasteiger partial charge >= 0.3 is 12.8 Å². The molecule has 1 fully saturated rings. The number of sulfone groups is 1. The number of pyridine rings is 1. The number of ether oxygens (including phenoxy) is 1. The van der Waals surface area contributed by atoms with E-state index in [2.05, 4.69) is 20.1 Å². The van der Waals surface area contributed by atoms with Crippen molar-refractivity contribution in [2.45, 2.75) is 90.0 Å². The highest BCUT2D eigenvalue weighted by molar-refractivity contribution is 7.91. The summed E-state index contributed by atoms with van der Waals surface area (Å²) in [4.78, 5) is 17.2. The predicted molar refractivity (Wildman–Crippen MR) is 140 cm³/mol. The van der Waals surface area contributed by atoms with Gasteiger partial charge in [-0.3, -0.25) is 14.5 Å². The molecule has 2 aromatic heterocycles. The zero-order valence-corrected chi connectivity index (χ0v) is 24.3. The highest BCUT2D eigenvalue weighted by Crippen LogP contribution is 2.41. The highest BCUT2D eigenvalue weighted by atomic mass is 32.2. The Kier molecular flexibility index (Phi) is 9.43. The van der Waals surface area contributed by atoms with E-state index in [-0.39, 0.29) is 67.0 Å². The molecule has 2 heterocycles. The molecule has 1 aliphatic carbocycles. The van der Waals surface area contributed by atoms with Crippen LogP contribution < -0.4 is 10.1 Å². The number of rotatable bonds is 10. The smallest absolute Gasteiger partial charge is 0.394 e. The molecule has 0 radical (unpaired) electrons. The predicted octanol–water partition coefficient (Wildman–Crippen LogP) is 4.45. The number of nitrogens with zero attached hydrogens (tertiary/aromatic N) is 3. The molecular formula is C26H35F5N4O5S. The molecule has 0 unspecified atom stereocenters. The van der Waals surface area contributed by atoms with Crippen molar-refractivity contribution in [1.29, 1.82) is 0 Å². The van der Waals surface area contributed by atoms with E-state index in [1.807, 2.05) is 0 Å². The van der Waals surface area contributed by atoms with Gasteiger partial charge in [0.1, 0.15) is 15.6 Å². The summed E-state index contributed by atoms with van der Waals surface area (Å²) in [6, 6.07) is 1.03. The first-order valence-corrected chi connectivity index (χ1v) is 15.0. The maximum absolute atomic E-state index is 13.4. The molecule has 0 aromatic carbocycles. The summed E-state index contributed by atoms with van der Waals surface area (Å²) < 4.78 is 96.5. The van der Waals surface area contributed by atoms with Crippen LogP contribution in [0.2, 0.25) is 0 Å². The summed E-state index contributed by atoms with van der Waals surface area (Å²) in [6.45, 7) is 1.96. The third-order valence-electron chi connectivity index (χ3n) is 7.53. The summed E-state index contributed by atoms with van der Waals surface area (Å²) in [5.41, 5.74) is -3.13. The van der Waals surface area contributed by atoms with Gasteiger partial charge in [-0.05, 0) is 39.5 Å². The van der Waals surface area contributed by atoms with Crippen LogP contribution in [0.4, 0.5) is 22.0 Å². The molecule has 0 aliphatic heterocycles. The summed E-state index contributed by atoms with van der Waals surface area (Å²) in [7, 11) is -3.24. The highest BCUT2D eigenvalue weighted by Gasteiger charge is 2.47. The van der Waals surface area contributed by atoms with Gasteiger partial charge < -0.3 is 15.2 Å². The fourth-order valence-corrected chi connectivity index (χ4v) is 5.99. The Balaban J connectivity index is 1.89. The monoisotopic (exact) mass is 610 g/mol. The Hall–Kier alpha value is -2.81. The lowest BCUT2D eigenvalue weighted by Crippen LogP contribution is -2.47. The molecule has 3 rings (SSSR count). The fourth-order valence-electron chi connectivity index (χ4n) is 4.90. The van der Waals surface area contributed by atoms with Crippen molar-refractivity contribution >= 4 is 15.7 Å². The van der Waals surface area contributed by atoms with Crippen LogP contribution in [0.1, 0.15) is 68.2 Å². The molecule has 0 saturated heterocycles. The number of amides is 1. The second-order valence-corrected chi connectivity index (χ2v) is 13.5. The van der Waals surface area contributed by atoms with Crippen molar-refractivity contribution in [3.8, 4) is 17.0 Å². The largest absolute Gasteiger partial charge is 0.434 e. The van der Waals surface area contributed by atoms with E-state index in [0.717, 1.165) is 32.4 Å². The van der Waals surface area contributed by atoms with Gasteiger partial charge in [0.2, 0.25) is 0 Å². The van der Waals surface area contributed by atoms with E-state index in [0.29, 0.717) is 0 Å². The van der Waals surface area contributed by atoms with Crippen LogP contribution in [0.5, 0.6) is 5.75 Å². The molecule has 41 heavy (non-hydrogen) atoms. The standard InChI is InChI=1S/C26H35F5N4O5S/c1-6-35-21(18-13-32-16(11-19(18)40-23(27)28)12-24(3,4)26(29,30)31)15(2)20(34-35)22(36)33-14-25(37)9-7-17(8-10-25)41(5,38)39/h11,13,17,23,37H,6-10,12,14H2,1-5H3,(H,33,36). The van der Waals surface area contributed by atoms with Gasteiger partial charge in [0.15, 0.2) is 5.69 Å². The zero-order chi connectivity index (χ0) is 31.0. The second kappa shape index (κ2) is 11.8. The molecule has 2 N–H and O–H groups in total. The van der Waals surface area contributed by atoms with Crippen molar-refractivity contribution in [3.63, 3.8) is 0 Å². The molecule has 1 amide bonds. The number of nitrogens with one attached hydrogen (secondary N) is 1. The van der Waals surface area contributed by atoms with Gasteiger partial charge in [0.05, 0.1) is 27.5 Å². The lowest BCUT2D eigenvalue weighted by Gasteiger charge is -2.35. The summed E-state index contributed by atoms with van der Waals surface area (Å²) in [5, 5.41) is 17.3. The quantitative estimate of drug-likeness (QED) is 0.381. The van der Waals surface area contributed by atoms with Crippen molar-refractivity contribution < 1.29 is 45.0 Å². The van der Waals surface area contributed by atoms with E-state index >= 15 is 0 Å². The number of carbonyl (C=O) groups is 1. The van der Waals surface area contributed by atoms with Crippen LogP contribution in [-0.4, -0.2) is 70.6 Å². The number of aromatic nitrogens is 3. The minimum absolute atomic E-state index is 0.0162. The van der Waals surface area contributed by atoms with Gasteiger partial charge in [0.25, 0.3) is 5.91 Å². The number of carbonyl (C=O) groups excluding carboxylic acids is 1. The molecule has 0 bridgehead atoms. The average molecular weight is 611 g/mol. The summed E-state index contributed by atoms with van der Waals surface area (Å²) in [5.74, 6) is -1.06. The Bertz CT molecular complexity index is 1370. The number of aliphatic hydroxyl groups is 1. The van der Waals surface area contributed by atoms with Crippen LogP contribution in [0, 0.1) is 12.3 Å². The van der Waals surface area contributed by atoms with E-state index in [4.69, 9.17) is 0 Å². The first kappa shape index (κ1) is 32.7. The third kappa shape index (κ3) is 7.53. The fraction of sp³-hybridized carbons (Fsp3) is 0.654. The van der Waals surface area contributed by atoms with Crippen molar-refractivity contribution in [2.24, 2.45) is 5.41 Å². The summed E-state index contributed by atoms with van der Waals surface area (Å²) in [6.07, 6.45) is -1.99. The van der Waals surface area contributed by atoms with Gasteiger partial charge in [0, 0.05) is 49.3 Å². The van der Waals surface area contributed by atoms with Crippen LogP contribution in [-0.2, 0) is 22.8 Å². The third-order valence-corrected chi connectivity index (χ3v) is 9.22. The molecule has 1 aliphatic rings. The Morgan fingerprint density at radius 2 is 1.88 bits per heavy atom. The van der Waals surface area contributed by atoms with E-state index < -0.39 is 57.0 Å². The SMILES string of the molecule is CCn1nc(C(=O)NCC2(O)CCC(S(C)(=O)=O)CC2)c(C)c1-c1cnc(CC(C)(C)C(F)(F)F)cc1OC(F)F. The number of hydrogen-bond acceptors (Lipinski definition) is 7. The van der Waals surface area contributed by atoms with Crippen LogP contribution in [0.25, 0.3) is 11.3 Å². The summed E-state index contributed by atoms with van der Waals surface area (Å²) >= 11 is 0. The lowest BCUT2D eigenvalue weighted by atomic mass is 9.84. The Morgan fingerprint density at radius 3 is 2.39 bits per heavy atom. The minimum atomic E-state index is -4.56. The van der Waals surface area contributed by atoms with Crippen LogP contribution in [0.3, 0.4) is 0 Å². The number of aryl methyl sites for hydroxylation is 1. The number of halogens is 5. The molecule has 230 valence electrons. The van der Waals surface area contributed by atoms with E-state index in [1.54, 1.807) is 6.92 Å². The second-order valence-electron chi connectivity index (χ2n) is 11.2. The normalized spacial score (nSPS) is 20.3. The first-order chi connectivity index (χ1) is 18.8. The number of hydrogen-bond donors (Lipinski definition) is 2. The minimum Gasteiger partial charge on any atom is -0.434 e. The topological polar surface area (TPSA) is 123 Å². The van der Waals surface area contributed by atoms with Crippen LogP contribution in [0.15, 0.2) is 12.3 Å². The molecule has 2 aromatic rings. The van der Waals surface area contributed by atoms with E-state index in [1.165, 1.54) is 11.6 Å². The first-order valence-electron chi connectivity index (χ1n) is 13.1. The maximum atomic E-state index is 13.4. The van der Waals surface area contributed by atoms with Crippen molar-refractivity contribution in [3.05, 3.63) is 29.2 Å². The molecule has 15 heteroatoms. The molecule has 9 nitrogen and oxygen atoms in total. The molecule has 1 saturated carbocycles.